The Balaban J connectivity index is 3.02. The van der Waals surface area contributed by atoms with Gasteiger partial charge < -0.3 is 20.9 Å². The van der Waals surface area contributed by atoms with E-state index in [0.29, 0.717) is 18.7 Å². The van der Waals surface area contributed by atoms with Crippen LogP contribution in [0.3, 0.4) is 0 Å². The molecule has 0 unspecified atom stereocenters. The lowest BCUT2D eigenvalue weighted by Gasteiger charge is -2.37. The second-order valence-electron chi connectivity index (χ2n) is 5.87. The first kappa shape index (κ1) is 15.7. The van der Waals surface area contributed by atoms with Crippen molar-refractivity contribution >= 4 is 24.8 Å². The Kier molecular flexibility index (Phi) is 4.43. The van der Waals surface area contributed by atoms with Gasteiger partial charge in [-0.05, 0) is 46.1 Å². The third kappa shape index (κ3) is 3.36. The van der Waals surface area contributed by atoms with E-state index in [4.69, 9.17) is 15.8 Å². The predicted octanol–water partition coefficient (Wildman–Crippen LogP) is 1.12. The third-order valence-corrected chi connectivity index (χ3v) is 3.82. The minimum absolute atomic E-state index is 0.318. The Morgan fingerprint density at radius 2 is 1.89 bits per heavy atom. The quantitative estimate of drug-likeness (QED) is 0.422. The molecular formula is C14H23BN2O2. The monoisotopic (exact) mass is 262 g/mol. The van der Waals surface area contributed by atoms with Crippen LogP contribution in [0.4, 0.5) is 5.69 Å². The second-order valence-corrected chi connectivity index (χ2v) is 5.87. The summed E-state index contributed by atoms with van der Waals surface area (Å²) >= 11 is 0. The molecule has 0 atom stereocenters. The van der Waals surface area contributed by atoms with Crippen molar-refractivity contribution in [1.29, 1.82) is 5.41 Å². The first-order chi connectivity index (χ1) is 8.60. The fraction of sp³-hybridized carbons (Fsp3) is 0.500. The lowest BCUT2D eigenvalue weighted by atomic mass is 9.77. The van der Waals surface area contributed by atoms with E-state index in [0.717, 1.165) is 11.0 Å². The number of hydrogen-bond donors (Lipinski definition) is 3. The van der Waals surface area contributed by atoms with Crippen molar-refractivity contribution in [3.8, 4) is 0 Å². The maximum atomic E-state index is 10.1. The molecule has 1 aromatic carbocycles. The summed E-state index contributed by atoms with van der Waals surface area (Å²) in [7, 11) is 0.318. The van der Waals surface area contributed by atoms with E-state index >= 15 is 0 Å². The summed E-state index contributed by atoms with van der Waals surface area (Å²) in [6.45, 7) is 9.09. The summed E-state index contributed by atoms with van der Waals surface area (Å²) in [6, 6.07) is 3.71. The van der Waals surface area contributed by atoms with Crippen LogP contribution in [0.2, 0.25) is 0 Å². The predicted molar refractivity (Wildman–Crippen MR) is 81.7 cm³/mol. The Labute approximate surface area is 115 Å². The summed E-state index contributed by atoms with van der Waals surface area (Å²) in [6.07, 6.45) is 1.25. The van der Waals surface area contributed by atoms with Crippen molar-refractivity contribution in [1.82, 2.24) is 0 Å². The topological polar surface area (TPSA) is 79.3 Å². The van der Waals surface area contributed by atoms with E-state index in [1.165, 1.54) is 6.21 Å². The molecule has 0 heterocycles. The SMILES string of the molecule is Cc1ccc(N)c(C=N)c1BOC(C)(C)C(C)(C)O. The molecule has 104 valence electrons. The molecule has 0 aliphatic heterocycles. The van der Waals surface area contributed by atoms with E-state index < -0.39 is 11.2 Å². The van der Waals surface area contributed by atoms with Crippen LogP contribution in [0.15, 0.2) is 12.1 Å². The molecule has 1 aromatic rings. The normalized spacial score (nSPS) is 12.3. The van der Waals surface area contributed by atoms with Crippen molar-refractivity contribution in [3.05, 3.63) is 23.3 Å². The highest BCUT2D eigenvalue weighted by Crippen LogP contribution is 2.24. The summed E-state index contributed by atoms with van der Waals surface area (Å²) in [4.78, 5) is 0. The molecule has 19 heavy (non-hydrogen) atoms. The van der Waals surface area contributed by atoms with Crippen molar-refractivity contribution in [2.24, 2.45) is 0 Å². The van der Waals surface area contributed by atoms with Gasteiger partial charge in [0.2, 0.25) is 0 Å². The zero-order chi connectivity index (χ0) is 14.8. The molecule has 4 nitrogen and oxygen atoms in total. The summed E-state index contributed by atoms with van der Waals surface area (Å²) in [5, 5.41) is 17.5. The number of nitrogen functional groups attached to an aromatic ring is 1. The maximum absolute atomic E-state index is 10.1. The smallest absolute Gasteiger partial charge is 0.310 e. The van der Waals surface area contributed by atoms with Crippen LogP contribution in [0, 0.1) is 12.3 Å². The average molecular weight is 262 g/mol. The maximum Gasteiger partial charge on any atom is 0.310 e. The molecule has 0 aliphatic rings. The Bertz CT molecular complexity index is 479. The number of aryl methyl sites for hydroxylation is 1. The molecule has 0 saturated heterocycles. The first-order valence-electron chi connectivity index (χ1n) is 6.35. The van der Waals surface area contributed by atoms with Crippen LogP contribution < -0.4 is 11.2 Å². The molecule has 0 bridgehead atoms. The standard InChI is InChI=1S/C14H23BN2O2/c1-9-6-7-11(17)10(8-16)12(9)15-19-14(4,5)13(2,3)18/h6-8,15-16,18H,17H2,1-5H3. The minimum atomic E-state index is -0.952. The molecule has 1 rings (SSSR count). The molecular weight excluding hydrogens is 239 g/mol. The average Bonchev–Trinajstić information content (AvgIpc) is 2.28. The van der Waals surface area contributed by atoms with Gasteiger partial charge in [0.1, 0.15) is 0 Å². The van der Waals surface area contributed by atoms with E-state index in [1.54, 1.807) is 19.9 Å². The lowest BCUT2D eigenvalue weighted by molar-refractivity contribution is -0.0893. The van der Waals surface area contributed by atoms with Gasteiger partial charge in [0.05, 0.1) is 11.2 Å². The molecule has 0 aromatic heterocycles. The summed E-state index contributed by atoms with van der Waals surface area (Å²) in [5.41, 5.74) is 7.41. The Morgan fingerprint density at radius 1 is 1.32 bits per heavy atom. The van der Waals surface area contributed by atoms with Crippen LogP contribution in [0.25, 0.3) is 0 Å². The fourth-order valence-electron chi connectivity index (χ4n) is 1.58. The molecule has 0 fully saturated rings. The molecule has 5 heteroatoms. The van der Waals surface area contributed by atoms with Gasteiger partial charge >= 0.3 is 7.48 Å². The van der Waals surface area contributed by atoms with E-state index in [-0.39, 0.29) is 0 Å². The minimum Gasteiger partial charge on any atom is -0.427 e. The highest BCUT2D eigenvalue weighted by molar-refractivity contribution is 6.50. The number of rotatable bonds is 5. The molecule has 4 N–H and O–H groups in total. The van der Waals surface area contributed by atoms with Crippen molar-refractivity contribution < 1.29 is 9.76 Å². The van der Waals surface area contributed by atoms with Crippen molar-refractivity contribution in [2.45, 2.75) is 45.8 Å². The van der Waals surface area contributed by atoms with Gasteiger partial charge in [-0.1, -0.05) is 11.6 Å². The highest BCUT2D eigenvalue weighted by atomic mass is 16.5. The van der Waals surface area contributed by atoms with Crippen LogP contribution in [-0.2, 0) is 4.65 Å². The number of nitrogens with one attached hydrogen (secondary N) is 1. The molecule has 0 amide bonds. The first-order valence-corrected chi connectivity index (χ1v) is 6.35. The Morgan fingerprint density at radius 3 is 2.37 bits per heavy atom. The molecule has 0 saturated carbocycles. The van der Waals surface area contributed by atoms with Gasteiger partial charge in [0.25, 0.3) is 0 Å². The number of nitrogens with two attached hydrogens (primary N) is 1. The van der Waals surface area contributed by atoms with Crippen molar-refractivity contribution in [3.63, 3.8) is 0 Å². The van der Waals surface area contributed by atoms with E-state index in [9.17, 15) is 5.11 Å². The third-order valence-electron chi connectivity index (χ3n) is 3.82. The van der Waals surface area contributed by atoms with Gasteiger partial charge in [0, 0.05) is 17.5 Å². The highest BCUT2D eigenvalue weighted by Gasteiger charge is 2.35. The Hall–Kier alpha value is -1.33. The number of benzene rings is 1. The van der Waals surface area contributed by atoms with Crippen molar-refractivity contribution in [2.75, 3.05) is 5.73 Å². The molecule has 0 spiro atoms. The summed E-state index contributed by atoms with van der Waals surface area (Å²) < 4.78 is 5.85. The van der Waals surface area contributed by atoms with E-state index in [1.807, 2.05) is 26.8 Å². The zero-order valence-electron chi connectivity index (χ0n) is 12.4. The van der Waals surface area contributed by atoms with Gasteiger partial charge in [-0.25, -0.2) is 0 Å². The number of anilines is 1. The van der Waals surface area contributed by atoms with Crippen LogP contribution in [0.5, 0.6) is 0 Å². The van der Waals surface area contributed by atoms with Gasteiger partial charge in [-0.2, -0.15) is 0 Å². The van der Waals surface area contributed by atoms with Gasteiger partial charge in [-0.3, -0.25) is 0 Å². The summed E-state index contributed by atoms with van der Waals surface area (Å²) in [5.74, 6) is 0. The molecule has 0 radical (unpaired) electrons. The van der Waals surface area contributed by atoms with Crippen LogP contribution in [-0.4, -0.2) is 30.0 Å². The van der Waals surface area contributed by atoms with Crippen LogP contribution in [0.1, 0.15) is 38.8 Å². The molecule has 0 aliphatic carbocycles. The van der Waals surface area contributed by atoms with Crippen LogP contribution >= 0.6 is 0 Å². The largest absolute Gasteiger partial charge is 0.427 e. The number of aliphatic hydroxyl groups is 1. The zero-order valence-corrected chi connectivity index (χ0v) is 12.4. The van der Waals surface area contributed by atoms with E-state index in [2.05, 4.69) is 0 Å². The van der Waals surface area contributed by atoms with Gasteiger partial charge in [-0.15, -0.1) is 0 Å². The fourth-order valence-corrected chi connectivity index (χ4v) is 1.58. The number of hydrogen-bond acceptors (Lipinski definition) is 4. The lowest BCUT2D eigenvalue weighted by Crippen LogP contribution is -2.49. The second kappa shape index (κ2) is 5.35. The van der Waals surface area contributed by atoms with Gasteiger partial charge in [0.15, 0.2) is 0 Å².